The molecule has 0 spiro atoms. The van der Waals surface area contributed by atoms with E-state index >= 15 is 0 Å². The van der Waals surface area contributed by atoms with E-state index in [2.05, 4.69) is 54.5 Å². The summed E-state index contributed by atoms with van der Waals surface area (Å²) in [4.78, 5) is 30.9. The number of amides is 2. The molecule has 6 atom stereocenters. The number of likely N-dealkylation sites (tertiary alicyclic amines) is 1. The Balaban J connectivity index is 1.31. The number of hydrogen-bond acceptors (Lipinski definition) is 2. The lowest BCUT2D eigenvalue weighted by molar-refractivity contribution is -0.133. The number of unbranched alkanes of at least 4 members (excludes halogenated alkanes) is 1. The molecule has 2 amide bonds. The second-order valence-electron chi connectivity index (χ2n) is 16.1. The number of carbonyl (C=O) groups is 2. The molecule has 1 saturated heterocycles. The summed E-state index contributed by atoms with van der Waals surface area (Å²) < 4.78 is 27.2. The van der Waals surface area contributed by atoms with E-state index in [-0.39, 0.29) is 52.2 Å². The van der Waals surface area contributed by atoms with Crippen molar-refractivity contribution in [2.75, 3.05) is 20.1 Å². The summed E-state index contributed by atoms with van der Waals surface area (Å²) in [5, 5.41) is 0. The lowest BCUT2D eigenvalue weighted by Gasteiger charge is -2.47. The molecular weight excluding hydrogens is 566 g/mol. The van der Waals surface area contributed by atoms with Crippen molar-refractivity contribution in [3.05, 3.63) is 71.4 Å². The third kappa shape index (κ3) is 8.74. The molecule has 0 bridgehead atoms. The van der Waals surface area contributed by atoms with Crippen molar-refractivity contribution < 1.29 is 18.4 Å². The maximum absolute atomic E-state index is 13.9. The Morgan fingerprint density at radius 1 is 1.02 bits per heavy atom. The number of benzene rings is 1. The standard InChI is InChI=1S/C39H56F2N2O2/c1-26-34(38(2,3)4)23-29(24-35(26)39(5,6)7)37(45)43-22-21-32(25-43)42(8)36(44)12-10-9-11-33(27-13-17-30(40)18-14-27)28-15-19-31(41)20-16-28/h13-15,17-20,23,26,28,32-35H,9-12,16,21-22,24-25H2,1-8H3. The van der Waals surface area contributed by atoms with Gasteiger partial charge in [-0.05, 0) is 102 Å². The largest absolute Gasteiger partial charge is 0.341 e. The van der Waals surface area contributed by atoms with Crippen LogP contribution in [0.2, 0.25) is 0 Å². The predicted octanol–water partition coefficient (Wildman–Crippen LogP) is 9.25. The van der Waals surface area contributed by atoms with Crippen molar-refractivity contribution in [1.29, 1.82) is 0 Å². The van der Waals surface area contributed by atoms with Crippen LogP contribution in [0.5, 0.6) is 0 Å². The Kier molecular flexibility index (Phi) is 11.2. The van der Waals surface area contributed by atoms with Crippen molar-refractivity contribution in [3.8, 4) is 0 Å². The van der Waals surface area contributed by atoms with Gasteiger partial charge in [-0.3, -0.25) is 9.59 Å². The van der Waals surface area contributed by atoms with Crippen LogP contribution in [0, 0.1) is 40.3 Å². The lowest BCUT2D eigenvalue weighted by atomic mass is 9.58. The van der Waals surface area contributed by atoms with Gasteiger partial charge in [0.15, 0.2) is 0 Å². The predicted molar refractivity (Wildman–Crippen MR) is 180 cm³/mol. The van der Waals surface area contributed by atoms with Crippen LogP contribution >= 0.6 is 0 Å². The van der Waals surface area contributed by atoms with Gasteiger partial charge < -0.3 is 9.80 Å². The molecule has 1 heterocycles. The zero-order valence-electron chi connectivity index (χ0n) is 28.9. The molecule has 1 fully saturated rings. The topological polar surface area (TPSA) is 40.6 Å². The van der Waals surface area contributed by atoms with Crippen molar-refractivity contribution in [2.24, 2.45) is 34.5 Å². The molecule has 6 unspecified atom stereocenters. The van der Waals surface area contributed by atoms with Gasteiger partial charge in [-0.25, -0.2) is 8.78 Å². The molecule has 45 heavy (non-hydrogen) atoms. The minimum Gasteiger partial charge on any atom is -0.341 e. The summed E-state index contributed by atoms with van der Waals surface area (Å²) in [7, 11) is 1.88. The second kappa shape index (κ2) is 14.3. The lowest BCUT2D eigenvalue weighted by Crippen LogP contribution is -2.43. The quantitative estimate of drug-likeness (QED) is 0.258. The van der Waals surface area contributed by atoms with E-state index in [4.69, 9.17) is 0 Å². The van der Waals surface area contributed by atoms with Gasteiger partial charge in [0.25, 0.3) is 0 Å². The number of halogens is 2. The van der Waals surface area contributed by atoms with Crippen LogP contribution in [0.3, 0.4) is 0 Å². The maximum atomic E-state index is 13.9. The van der Waals surface area contributed by atoms with Crippen molar-refractivity contribution in [3.63, 3.8) is 0 Å². The first-order chi connectivity index (χ1) is 21.1. The third-order valence-corrected chi connectivity index (χ3v) is 10.9. The number of likely N-dealkylation sites (N-methyl/N-ethyl adjacent to an activating group) is 1. The highest BCUT2D eigenvalue weighted by Crippen LogP contribution is 2.49. The summed E-state index contributed by atoms with van der Waals surface area (Å²) in [6.07, 6.45) is 12.5. The molecule has 0 radical (unpaired) electrons. The Morgan fingerprint density at radius 3 is 2.31 bits per heavy atom. The van der Waals surface area contributed by atoms with Gasteiger partial charge in [0.05, 0.1) is 6.04 Å². The molecule has 0 saturated carbocycles. The molecule has 248 valence electrons. The van der Waals surface area contributed by atoms with E-state index in [0.29, 0.717) is 43.7 Å². The molecule has 1 aromatic carbocycles. The van der Waals surface area contributed by atoms with Gasteiger partial charge in [-0.1, -0.05) is 79.2 Å². The van der Waals surface area contributed by atoms with E-state index in [0.717, 1.165) is 43.2 Å². The molecule has 0 aromatic heterocycles. The number of rotatable bonds is 9. The van der Waals surface area contributed by atoms with E-state index in [1.54, 1.807) is 6.08 Å². The minimum absolute atomic E-state index is 0.0300. The van der Waals surface area contributed by atoms with Crippen LogP contribution in [0.1, 0.15) is 105 Å². The molecule has 4 nitrogen and oxygen atoms in total. The first kappa shape index (κ1) is 35.1. The number of carbonyl (C=O) groups excluding carboxylic acids is 2. The summed E-state index contributed by atoms with van der Waals surface area (Å²) >= 11 is 0. The van der Waals surface area contributed by atoms with Crippen LogP contribution < -0.4 is 0 Å². The van der Waals surface area contributed by atoms with Crippen molar-refractivity contribution in [1.82, 2.24) is 9.80 Å². The van der Waals surface area contributed by atoms with Gasteiger partial charge in [0.2, 0.25) is 11.8 Å². The number of hydrogen-bond donors (Lipinski definition) is 0. The third-order valence-electron chi connectivity index (χ3n) is 10.9. The molecule has 2 aliphatic carbocycles. The molecule has 0 N–H and O–H groups in total. The Hall–Kier alpha value is -2.76. The summed E-state index contributed by atoms with van der Waals surface area (Å²) in [6, 6.07) is 6.64. The SMILES string of the molecule is CC1C(C(C)(C)C)C=C(C(=O)N2CCC(N(C)C(=O)CCCCC(c3ccc(F)cc3)C3C=CC(F)=CC3)C2)CC1C(C)(C)C. The molecule has 1 aromatic rings. The van der Waals surface area contributed by atoms with Crippen LogP contribution in [-0.2, 0) is 9.59 Å². The van der Waals surface area contributed by atoms with Crippen LogP contribution in [-0.4, -0.2) is 47.8 Å². The molecule has 3 aliphatic rings. The molecule has 1 aliphatic heterocycles. The van der Waals surface area contributed by atoms with E-state index in [1.807, 2.05) is 35.1 Å². The number of nitrogens with zero attached hydrogens (tertiary/aromatic N) is 2. The van der Waals surface area contributed by atoms with Crippen LogP contribution in [0.25, 0.3) is 0 Å². The van der Waals surface area contributed by atoms with Gasteiger partial charge in [-0.2, -0.15) is 0 Å². The first-order valence-electron chi connectivity index (χ1n) is 17.1. The first-order valence-corrected chi connectivity index (χ1v) is 17.1. The average molecular weight is 623 g/mol. The van der Waals surface area contributed by atoms with E-state index in [1.165, 1.54) is 18.2 Å². The molecule has 4 rings (SSSR count). The summed E-state index contributed by atoms with van der Waals surface area (Å²) in [6.45, 7) is 17.3. The van der Waals surface area contributed by atoms with Crippen LogP contribution in [0.4, 0.5) is 8.78 Å². The van der Waals surface area contributed by atoms with Gasteiger partial charge in [0, 0.05) is 32.1 Å². The number of allylic oxidation sites excluding steroid dienone is 5. The zero-order chi connectivity index (χ0) is 33.1. The Morgan fingerprint density at radius 2 is 1.71 bits per heavy atom. The van der Waals surface area contributed by atoms with E-state index in [9.17, 15) is 18.4 Å². The summed E-state index contributed by atoms with van der Waals surface area (Å²) in [5.74, 6) is 1.34. The second-order valence-corrected chi connectivity index (χ2v) is 16.1. The smallest absolute Gasteiger partial charge is 0.249 e. The van der Waals surface area contributed by atoms with Gasteiger partial charge in [0.1, 0.15) is 11.6 Å². The molecular formula is C39H56F2N2O2. The van der Waals surface area contributed by atoms with Crippen molar-refractivity contribution in [2.45, 2.75) is 105 Å². The average Bonchev–Trinajstić information content (AvgIpc) is 3.47. The van der Waals surface area contributed by atoms with Crippen molar-refractivity contribution >= 4 is 11.8 Å². The normalized spacial score (nSPS) is 26.4. The molecule has 6 heteroatoms. The Bertz CT molecular complexity index is 1280. The van der Waals surface area contributed by atoms with E-state index < -0.39 is 0 Å². The van der Waals surface area contributed by atoms with Gasteiger partial charge >= 0.3 is 0 Å². The fraction of sp³-hybridized carbons (Fsp3) is 0.641. The highest BCUT2D eigenvalue weighted by molar-refractivity contribution is 5.94. The minimum atomic E-state index is -0.267. The fourth-order valence-corrected chi connectivity index (χ4v) is 8.11. The fourth-order valence-electron chi connectivity index (χ4n) is 8.11. The highest BCUT2D eigenvalue weighted by Gasteiger charge is 2.43. The monoisotopic (exact) mass is 622 g/mol. The highest BCUT2D eigenvalue weighted by atomic mass is 19.1. The zero-order valence-corrected chi connectivity index (χ0v) is 28.9. The summed E-state index contributed by atoms with van der Waals surface area (Å²) in [5.41, 5.74) is 2.19. The maximum Gasteiger partial charge on any atom is 0.249 e. The Labute approximate surface area is 271 Å². The van der Waals surface area contributed by atoms with Crippen LogP contribution in [0.15, 0.2) is 60.0 Å². The van der Waals surface area contributed by atoms with Gasteiger partial charge in [-0.15, -0.1) is 0 Å².